The fourth-order valence-corrected chi connectivity index (χ4v) is 1.59. The van der Waals surface area contributed by atoms with Crippen molar-refractivity contribution in [3.63, 3.8) is 0 Å². The number of carbonyl (C=O) groups excluding carboxylic acids is 1. The SMILES string of the molecule is CC(C)(C)c1ccc(NC(=O)Nc2cn[nH]n2)cc1. The number of H-pyrrole nitrogens is 1. The van der Waals surface area contributed by atoms with Gasteiger partial charge >= 0.3 is 6.03 Å². The molecule has 0 aliphatic heterocycles. The smallest absolute Gasteiger partial charge is 0.308 e. The van der Waals surface area contributed by atoms with Crippen LogP contribution in [-0.4, -0.2) is 21.4 Å². The number of rotatable bonds is 2. The van der Waals surface area contributed by atoms with Gasteiger partial charge in [-0.1, -0.05) is 32.9 Å². The topological polar surface area (TPSA) is 82.7 Å². The third kappa shape index (κ3) is 3.54. The first-order valence-corrected chi connectivity index (χ1v) is 5.99. The molecule has 0 radical (unpaired) electrons. The predicted molar refractivity (Wildman–Crippen MR) is 74.2 cm³/mol. The van der Waals surface area contributed by atoms with Crippen molar-refractivity contribution < 1.29 is 4.79 Å². The fraction of sp³-hybridized carbons (Fsp3) is 0.308. The lowest BCUT2D eigenvalue weighted by molar-refractivity contribution is 0.262. The van der Waals surface area contributed by atoms with Crippen molar-refractivity contribution >= 4 is 17.5 Å². The zero-order chi connectivity index (χ0) is 13.9. The molecule has 0 fully saturated rings. The second-order valence-corrected chi connectivity index (χ2v) is 5.26. The number of nitrogens with zero attached hydrogens (tertiary/aromatic N) is 2. The van der Waals surface area contributed by atoms with Crippen LogP contribution >= 0.6 is 0 Å². The van der Waals surface area contributed by atoms with Crippen LogP contribution in [0.3, 0.4) is 0 Å². The molecule has 0 bridgehead atoms. The number of anilines is 2. The third-order valence-corrected chi connectivity index (χ3v) is 2.67. The molecule has 0 aliphatic rings. The largest absolute Gasteiger partial charge is 0.324 e. The molecule has 1 aromatic heterocycles. The highest BCUT2D eigenvalue weighted by Gasteiger charge is 2.13. The van der Waals surface area contributed by atoms with E-state index in [1.807, 2.05) is 24.3 Å². The van der Waals surface area contributed by atoms with Crippen LogP contribution in [0.25, 0.3) is 0 Å². The normalized spacial score (nSPS) is 11.1. The Morgan fingerprint density at radius 1 is 1.16 bits per heavy atom. The molecule has 100 valence electrons. The molecule has 0 atom stereocenters. The number of nitrogens with one attached hydrogen (secondary N) is 3. The summed E-state index contributed by atoms with van der Waals surface area (Å²) < 4.78 is 0. The first-order chi connectivity index (χ1) is 8.95. The van der Waals surface area contributed by atoms with Crippen molar-refractivity contribution in [2.24, 2.45) is 0 Å². The molecule has 1 heterocycles. The second kappa shape index (κ2) is 5.09. The molecular formula is C13H17N5O. The monoisotopic (exact) mass is 259 g/mol. The zero-order valence-corrected chi connectivity index (χ0v) is 11.2. The van der Waals surface area contributed by atoms with Gasteiger partial charge in [-0.15, -0.1) is 5.10 Å². The lowest BCUT2D eigenvalue weighted by Gasteiger charge is -2.19. The average molecular weight is 259 g/mol. The minimum absolute atomic E-state index is 0.0987. The van der Waals surface area contributed by atoms with Gasteiger partial charge < -0.3 is 5.32 Å². The zero-order valence-electron chi connectivity index (χ0n) is 11.2. The first kappa shape index (κ1) is 13.1. The highest BCUT2D eigenvalue weighted by Crippen LogP contribution is 2.23. The Labute approximate surface area is 111 Å². The van der Waals surface area contributed by atoms with Gasteiger partial charge in [-0.2, -0.15) is 10.3 Å². The summed E-state index contributed by atoms with van der Waals surface area (Å²) in [6.45, 7) is 6.44. The van der Waals surface area contributed by atoms with Crippen molar-refractivity contribution in [2.75, 3.05) is 10.6 Å². The Bertz CT molecular complexity index is 539. The Morgan fingerprint density at radius 2 is 1.84 bits per heavy atom. The quantitative estimate of drug-likeness (QED) is 0.775. The first-order valence-electron chi connectivity index (χ1n) is 5.99. The maximum absolute atomic E-state index is 11.7. The van der Waals surface area contributed by atoms with E-state index in [0.29, 0.717) is 5.82 Å². The molecule has 0 aliphatic carbocycles. The minimum Gasteiger partial charge on any atom is -0.308 e. The van der Waals surface area contributed by atoms with Crippen molar-refractivity contribution in [1.29, 1.82) is 0 Å². The Hall–Kier alpha value is -2.37. The maximum atomic E-state index is 11.7. The fourth-order valence-electron chi connectivity index (χ4n) is 1.59. The van der Waals surface area contributed by atoms with Gasteiger partial charge in [-0.05, 0) is 23.1 Å². The van der Waals surface area contributed by atoms with Gasteiger partial charge in [0.25, 0.3) is 0 Å². The minimum atomic E-state index is -0.350. The summed E-state index contributed by atoms with van der Waals surface area (Å²) in [4.78, 5) is 11.7. The van der Waals surface area contributed by atoms with Crippen LogP contribution in [-0.2, 0) is 5.41 Å². The van der Waals surface area contributed by atoms with E-state index in [1.54, 1.807) is 0 Å². The summed E-state index contributed by atoms with van der Waals surface area (Å²) >= 11 is 0. The van der Waals surface area contributed by atoms with E-state index in [4.69, 9.17) is 0 Å². The molecule has 19 heavy (non-hydrogen) atoms. The summed E-state index contributed by atoms with van der Waals surface area (Å²) in [5.41, 5.74) is 2.05. The van der Waals surface area contributed by atoms with E-state index in [0.717, 1.165) is 5.69 Å². The number of carbonyl (C=O) groups is 1. The molecule has 2 rings (SSSR count). The van der Waals surface area contributed by atoms with Crippen molar-refractivity contribution in [3.05, 3.63) is 36.0 Å². The molecular weight excluding hydrogens is 242 g/mol. The number of amides is 2. The van der Waals surface area contributed by atoms with Gasteiger partial charge in [0.2, 0.25) is 0 Å². The van der Waals surface area contributed by atoms with E-state index < -0.39 is 0 Å². The number of urea groups is 1. The highest BCUT2D eigenvalue weighted by molar-refractivity contribution is 5.98. The highest BCUT2D eigenvalue weighted by atomic mass is 16.2. The van der Waals surface area contributed by atoms with Gasteiger partial charge in [0.1, 0.15) is 0 Å². The summed E-state index contributed by atoms with van der Waals surface area (Å²) in [6.07, 6.45) is 1.43. The van der Waals surface area contributed by atoms with Crippen LogP contribution in [0.15, 0.2) is 30.5 Å². The van der Waals surface area contributed by atoms with Crippen molar-refractivity contribution in [2.45, 2.75) is 26.2 Å². The Kier molecular flexibility index (Phi) is 3.50. The Balaban J connectivity index is 1.98. The molecule has 1 aromatic carbocycles. The molecule has 0 unspecified atom stereocenters. The summed E-state index contributed by atoms with van der Waals surface area (Å²) in [5.74, 6) is 0.379. The number of aromatic amines is 1. The number of hydrogen-bond acceptors (Lipinski definition) is 3. The van der Waals surface area contributed by atoms with Crippen LogP contribution in [0.2, 0.25) is 0 Å². The van der Waals surface area contributed by atoms with Gasteiger partial charge in [0.15, 0.2) is 5.82 Å². The molecule has 0 saturated heterocycles. The van der Waals surface area contributed by atoms with Crippen LogP contribution in [0.1, 0.15) is 26.3 Å². The van der Waals surface area contributed by atoms with Gasteiger partial charge in [-0.3, -0.25) is 5.32 Å². The summed E-state index contributed by atoms with van der Waals surface area (Å²) in [6, 6.07) is 7.42. The van der Waals surface area contributed by atoms with Gasteiger partial charge in [0, 0.05) is 5.69 Å². The lowest BCUT2D eigenvalue weighted by Crippen LogP contribution is -2.19. The van der Waals surface area contributed by atoms with Crippen molar-refractivity contribution in [3.8, 4) is 0 Å². The predicted octanol–water partition coefficient (Wildman–Crippen LogP) is 2.75. The van der Waals surface area contributed by atoms with Crippen molar-refractivity contribution in [1.82, 2.24) is 15.4 Å². The van der Waals surface area contributed by atoms with Gasteiger partial charge in [-0.25, -0.2) is 4.79 Å². The van der Waals surface area contributed by atoms with Gasteiger partial charge in [0.05, 0.1) is 6.20 Å². The molecule has 0 spiro atoms. The Morgan fingerprint density at radius 3 is 2.37 bits per heavy atom. The third-order valence-electron chi connectivity index (χ3n) is 2.67. The molecule has 6 heteroatoms. The maximum Gasteiger partial charge on any atom is 0.324 e. The van der Waals surface area contributed by atoms with E-state index >= 15 is 0 Å². The van der Waals surface area contributed by atoms with E-state index in [1.165, 1.54) is 11.8 Å². The summed E-state index contributed by atoms with van der Waals surface area (Å²) in [5, 5.41) is 15.0. The standard InChI is InChI=1S/C13H17N5O/c1-13(2,3)9-4-6-10(7-5-9)15-12(19)16-11-8-14-18-17-11/h4-8H,1-3H3,(H3,14,15,16,17,18,19). The molecule has 6 nitrogen and oxygen atoms in total. The van der Waals surface area contributed by atoms with E-state index in [9.17, 15) is 4.79 Å². The molecule has 2 amide bonds. The molecule has 3 N–H and O–H groups in total. The van der Waals surface area contributed by atoms with Crippen LogP contribution in [0.5, 0.6) is 0 Å². The van der Waals surface area contributed by atoms with Crippen LogP contribution < -0.4 is 10.6 Å². The second-order valence-electron chi connectivity index (χ2n) is 5.26. The van der Waals surface area contributed by atoms with Crippen LogP contribution in [0.4, 0.5) is 16.3 Å². The number of benzene rings is 1. The number of hydrogen-bond donors (Lipinski definition) is 3. The molecule has 0 saturated carbocycles. The van der Waals surface area contributed by atoms with Crippen LogP contribution in [0, 0.1) is 0 Å². The lowest BCUT2D eigenvalue weighted by atomic mass is 9.87. The summed E-state index contributed by atoms with van der Waals surface area (Å²) in [7, 11) is 0. The van der Waals surface area contributed by atoms with E-state index in [-0.39, 0.29) is 11.4 Å². The molecule has 2 aromatic rings. The van der Waals surface area contributed by atoms with E-state index in [2.05, 4.69) is 46.8 Å². The number of aromatic nitrogens is 3. The average Bonchev–Trinajstić information content (AvgIpc) is 2.81.